The maximum atomic E-state index is 12.6. The zero-order chi connectivity index (χ0) is 22.5. The maximum Gasteiger partial charge on any atom is 0.387 e. The molecular formula is C23H19F2N3O3S. The van der Waals surface area contributed by atoms with Crippen LogP contribution in [0.2, 0.25) is 0 Å². The van der Waals surface area contributed by atoms with Gasteiger partial charge < -0.3 is 9.64 Å². The number of ether oxygens (including phenoxy) is 1. The van der Waals surface area contributed by atoms with E-state index < -0.39 is 6.61 Å². The van der Waals surface area contributed by atoms with Crippen LogP contribution in [0.4, 0.5) is 19.6 Å². The number of aromatic nitrogens is 1. The number of anilines is 2. The fourth-order valence-electron chi connectivity index (χ4n) is 3.34. The first-order valence-electron chi connectivity index (χ1n) is 9.89. The SMILES string of the molecule is O=C(/C=C/c1ccc(N2CCCC2=O)cc1)Nc1nc(-c2ccccc2OC(F)F)cs1. The third-order valence-corrected chi connectivity index (χ3v) is 5.58. The number of hydrogen-bond acceptors (Lipinski definition) is 5. The van der Waals surface area contributed by atoms with E-state index in [1.165, 1.54) is 23.5 Å². The number of hydrogen-bond donors (Lipinski definition) is 1. The fraction of sp³-hybridized carbons (Fsp3) is 0.174. The molecule has 4 rings (SSSR count). The molecule has 0 spiro atoms. The number of alkyl halides is 2. The lowest BCUT2D eigenvalue weighted by Gasteiger charge is -2.15. The van der Waals surface area contributed by atoms with E-state index in [9.17, 15) is 18.4 Å². The van der Waals surface area contributed by atoms with Crippen molar-refractivity contribution in [3.8, 4) is 17.0 Å². The quantitative estimate of drug-likeness (QED) is 0.498. The summed E-state index contributed by atoms with van der Waals surface area (Å²) in [6.07, 6.45) is 4.48. The molecule has 0 bridgehead atoms. The summed E-state index contributed by atoms with van der Waals surface area (Å²) in [4.78, 5) is 30.1. The molecule has 0 aliphatic carbocycles. The average Bonchev–Trinajstić information content (AvgIpc) is 3.41. The van der Waals surface area contributed by atoms with Crippen molar-refractivity contribution in [3.63, 3.8) is 0 Å². The van der Waals surface area contributed by atoms with E-state index in [2.05, 4.69) is 15.0 Å². The van der Waals surface area contributed by atoms with Crippen LogP contribution < -0.4 is 15.0 Å². The van der Waals surface area contributed by atoms with Crippen LogP contribution in [0.15, 0.2) is 60.0 Å². The summed E-state index contributed by atoms with van der Waals surface area (Å²) in [6, 6.07) is 13.7. The minimum atomic E-state index is -2.94. The van der Waals surface area contributed by atoms with Gasteiger partial charge in [0.25, 0.3) is 0 Å². The third-order valence-electron chi connectivity index (χ3n) is 4.82. The van der Waals surface area contributed by atoms with Gasteiger partial charge in [-0.15, -0.1) is 11.3 Å². The van der Waals surface area contributed by atoms with Crippen molar-refractivity contribution >= 4 is 40.0 Å². The molecule has 9 heteroatoms. The van der Waals surface area contributed by atoms with Gasteiger partial charge in [-0.1, -0.05) is 24.3 Å². The average molecular weight is 455 g/mol. The summed E-state index contributed by atoms with van der Waals surface area (Å²) in [6.45, 7) is -2.21. The first kappa shape index (κ1) is 21.6. The molecule has 0 saturated carbocycles. The van der Waals surface area contributed by atoms with Gasteiger partial charge in [0.15, 0.2) is 5.13 Å². The Morgan fingerprint density at radius 1 is 1.19 bits per heavy atom. The van der Waals surface area contributed by atoms with E-state index >= 15 is 0 Å². The molecule has 6 nitrogen and oxygen atoms in total. The molecule has 1 aromatic heterocycles. The van der Waals surface area contributed by atoms with Crippen molar-refractivity contribution in [3.05, 3.63) is 65.6 Å². The van der Waals surface area contributed by atoms with E-state index in [1.54, 1.807) is 34.6 Å². The van der Waals surface area contributed by atoms with E-state index in [1.807, 2.05) is 24.3 Å². The molecule has 0 atom stereocenters. The number of nitrogens with zero attached hydrogens (tertiary/aromatic N) is 2. The van der Waals surface area contributed by atoms with Crippen LogP contribution in [0, 0.1) is 0 Å². The number of thiazole rings is 1. The van der Waals surface area contributed by atoms with Crippen molar-refractivity contribution in [2.75, 3.05) is 16.8 Å². The monoisotopic (exact) mass is 455 g/mol. The van der Waals surface area contributed by atoms with Crippen LogP contribution in [0.5, 0.6) is 5.75 Å². The molecule has 2 amide bonds. The van der Waals surface area contributed by atoms with Crippen LogP contribution in [0.25, 0.3) is 17.3 Å². The Morgan fingerprint density at radius 2 is 1.97 bits per heavy atom. The van der Waals surface area contributed by atoms with Gasteiger partial charge in [0.1, 0.15) is 5.75 Å². The predicted octanol–water partition coefficient (Wildman–Crippen LogP) is 5.19. The van der Waals surface area contributed by atoms with E-state index in [0.29, 0.717) is 22.8 Å². The molecule has 3 aromatic rings. The predicted molar refractivity (Wildman–Crippen MR) is 120 cm³/mol. The summed E-state index contributed by atoms with van der Waals surface area (Å²) >= 11 is 1.18. The topological polar surface area (TPSA) is 71.5 Å². The highest BCUT2D eigenvalue weighted by Crippen LogP contribution is 2.33. The minimum absolute atomic E-state index is 0.0182. The highest BCUT2D eigenvalue weighted by Gasteiger charge is 2.21. The number of rotatable bonds is 7. The molecule has 2 heterocycles. The number of benzene rings is 2. The normalized spacial score (nSPS) is 13.8. The lowest BCUT2D eigenvalue weighted by Crippen LogP contribution is -2.23. The molecule has 2 aromatic carbocycles. The van der Waals surface area contributed by atoms with Crippen molar-refractivity contribution in [1.82, 2.24) is 4.98 Å². The molecule has 1 aliphatic heterocycles. The summed E-state index contributed by atoms with van der Waals surface area (Å²) in [5.74, 6) is -0.231. The van der Waals surface area contributed by atoms with Gasteiger partial charge >= 0.3 is 6.61 Å². The number of halogens is 2. The zero-order valence-electron chi connectivity index (χ0n) is 16.8. The lowest BCUT2D eigenvalue weighted by atomic mass is 10.1. The summed E-state index contributed by atoms with van der Waals surface area (Å²) in [5, 5.41) is 4.66. The molecule has 1 saturated heterocycles. The standard InChI is InChI=1S/C23H19F2N3O3S/c24-22(25)31-19-5-2-1-4-17(19)18-14-32-23(26-18)27-20(29)12-9-15-7-10-16(11-8-15)28-13-3-6-21(28)30/h1-2,4-5,7-12,14,22H,3,6,13H2,(H,26,27,29)/b12-9+. The van der Waals surface area contributed by atoms with Crippen LogP contribution >= 0.6 is 11.3 Å². The molecule has 164 valence electrons. The molecular weight excluding hydrogens is 436 g/mol. The number of carbonyl (C=O) groups is 2. The van der Waals surface area contributed by atoms with Crippen molar-refractivity contribution < 1.29 is 23.1 Å². The molecule has 0 radical (unpaired) electrons. The summed E-state index contributed by atoms with van der Waals surface area (Å²) in [7, 11) is 0. The number of para-hydroxylation sites is 1. The van der Waals surface area contributed by atoms with E-state index in [-0.39, 0.29) is 17.6 Å². The van der Waals surface area contributed by atoms with E-state index in [4.69, 9.17) is 0 Å². The van der Waals surface area contributed by atoms with Crippen LogP contribution in [-0.2, 0) is 9.59 Å². The number of carbonyl (C=O) groups excluding carboxylic acids is 2. The Labute approximate surface area is 187 Å². The Hall–Kier alpha value is -3.59. The van der Waals surface area contributed by atoms with Crippen LogP contribution in [0.1, 0.15) is 18.4 Å². The Bertz CT molecular complexity index is 1150. The Morgan fingerprint density at radius 3 is 2.69 bits per heavy atom. The number of amides is 2. The molecule has 32 heavy (non-hydrogen) atoms. The van der Waals surface area contributed by atoms with Gasteiger partial charge in [-0.25, -0.2) is 4.98 Å². The van der Waals surface area contributed by atoms with Crippen molar-refractivity contribution in [2.24, 2.45) is 0 Å². The zero-order valence-corrected chi connectivity index (χ0v) is 17.6. The smallest absolute Gasteiger partial charge is 0.387 e. The van der Waals surface area contributed by atoms with Gasteiger partial charge in [0.2, 0.25) is 11.8 Å². The second-order valence-electron chi connectivity index (χ2n) is 6.98. The first-order chi connectivity index (χ1) is 15.5. The lowest BCUT2D eigenvalue weighted by molar-refractivity contribution is -0.117. The highest BCUT2D eigenvalue weighted by molar-refractivity contribution is 7.14. The van der Waals surface area contributed by atoms with Gasteiger partial charge in [-0.3, -0.25) is 14.9 Å². The van der Waals surface area contributed by atoms with Gasteiger partial charge in [-0.05, 0) is 42.3 Å². The molecule has 1 aliphatic rings. The van der Waals surface area contributed by atoms with E-state index in [0.717, 1.165) is 24.2 Å². The highest BCUT2D eigenvalue weighted by atomic mass is 32.1. The number of nitrogens with one attached hydrogen (secondary N) is 1. The van der Waals surface area contributed by atoms with Crippen LogP contribution in [-0.4, -0.2) is 30.0 Å². The van der Waals surface area contributed by atoms with Gasteiger partial charge in [0, 0.05) is 35.7 Å². The first-order valence-corrected chi connectivity index (χ1v) is 10.8. The largest absolute Gasteiger partial charge is 0.434 e. The second-order valence-corrected chi connectivity index (χ2v) is 7.83. The summed E-state index contributed by atoms with van der Waals surface area (Å²) < 4.78 is 29.8. The van der Waals surface area contributed by atoms with Gasteiger partial charge in [0.05, 0.1) is 5.69 Å². The third kappa shape index (κ3) is 5.17. The fourth-order valence-corrected chi connectivity index (χ4v) is 4.05. The Balaban J connectivity index is 1.39. The Kier molecular flexibility index (Phi) is 6.55. The maximum absolute atomic E-state index is 12.6. The van der Waals surface area contributed by atoms with Gasteiger partial charge in [-0.2, -0.15) is 8.78 Å². The van der Waals surface area contributed by atoms with Crippen molar-refractivity contribution in [2.45, 2.75) is 19.5 Å². The van der Waals surface area contributed by atoms with Crippen molar-refractivity contribution in [1.29, 1.82) is 0 Å². The second kappa shape index (κ2) is 9.69. The molecule has 1 fully saturated rings. The van der Waals surface area contributed by atoms with Crippen LogP contribution in [0.3, 0.4) is 0 Å². The minimum Gasteiger partial charge on any atom is -0.434 e. The molecule has 1 N–H and O–H groups in total. The molecule has 0 unspecified atom stereocenters. The summed E-state index contributed by atoms with van der Waals surface area (Å²) in [5.41, 5.74) is 2.50.